The molecule has 1 aliphatic heterocycles. The maximum Gasteiger partial charge on any atom is 0.220 e. The summed E-state index contributed by atoms with van der Waals surface area (Å²) in [6, 6.07) is 28.4. The number of amides is 1. The maximum absolute atomic E-state index is 12.5. The molecule has 1 saturated heterocycles. The average molecular weight is 427 g/mol. The molecule has 4 nitrogen and oxygen atoms in total. The summed E-state index contributed by atoms with van der Waals surface area (Å²) in [5.41, 5.74) is 4.19. The van der Waals surface area contributed by atoms with Crippen LogP contribution in [0.2, 0.25) is 0 Å². The first kappa shape index (κ1) is 22.0. The minimum absolute atomic E-state index is 0.0115. The molecule has 3 aromatic carbocycles. The Morgan fingerprint density at radius 3 is 2.00 bits per heavy atom. The van der Waals surface area contributed by atoms with Gasteiger partial charge in [-0.1, -0.05) is 84.9 Å². The number of nitrogens with one attached hydrogen (secondary N) is 1. The molecule has 0 bridgehead atoms. The molecule has 1 heterocycles. The van der Waals surface area contributed by atoms with Crippen LogP contribution < -0.4 is 5.32 Å². The standard InChI is InChI=1S/C28H30N2O2/c31-27(25-13-11-24(12-14-25)23-9-5-2-6-10-23)15-16-28(32)29-26-17-19-30(20-18-26)21-22-7-3-1-4-8-22/h1-14,26H,15-21H2,(H,29,32). The van der Waals surface area contributed by atoms with E-state index in [1.165, 1.54) is 5.56 Å². The topological polar surface area (TPSA) is 49.4 Å². The normalized spacial score (nSPS) is 14.8. The second-order valence-electron chi connectivity index (χ2n) is 8.47. The zero-order valence-electron chi connectivity index (χ0n) is 18.4. The molecule has 3 aromatic rings. The Kier molecular flexibility index (Phi) is 7.47. The monoisotopic (exact) mass is 426 g/mol. The summed E-state index contributed by atoms with van der Waals surface area (Å²) in [6.45, 7) is 2.91. The van der Waals surface area contributed by atoms with Gasteiger partial charge in [0.05, 0.1) is 0 Å². The fraction of sp³-hybridized carbons (Fsp3) is 0.286. The highest BCUT2D eigenvalue weighted by molar-refractivity contribution is 5.98. The number of benzene rings is 3. The molecular formula is C28H30N2O2. The highest BCUT2D eigenvalue weighted by atomic mass is 16.2. The van der Waals surface area contributed by atoms with E-state index in [0.29, 0.717) is 5.56 Å². The van der Waals surface area contributed by atoms with Crippen LogP contribution in [0.4, 0.5) is 0 Å². The molecular weight excluding hydrogens is 396 g/mol. The number of carbonyl (C=O) groups excluding carboxylic acids is 2. The Balaban J connectivity index is 1.18. The van der Waals surface area contributed by atoms with Crippen molar-refractivity contribution in [2.45, 2.75) is 38.3 Å². The van der Waals surface area contributed by atoms with Crippen LogP contribution in [0.3, 0.4) is 0 Å². The third-order valence-electron chi connectivity index (χ3n) is 6.09. The van der Waals surface area contributed by atoms with E-state index >= 15 is 0 Å². The Bertz CT molecular complexity index is 1010. The molecule has 0 unspecified atom stereocenters. The first-order valence-corrected chi connectivity index (χ1v) is 11.4. The SMILES string of the molecule is O=C(CCC(=O)c1ccc(-c2ccccc2)cc1)NC1CCN(Cc2ccccc2)CC1. The third-order valence-corrected chi connectivity index (χ3v) is 6.09. The number of nitrogens with zero attached hydrogens (tertiary/aromatic N) is 1. The van der Waals surface area contributed by atoms with Crippen LogP contribution in [0.25, 0.3) is 11.1 Å². The summed E-state index contributed by atoms with van der Waals surface area (Å²) in [4.78, 5) is 27.3. The number of piperidine rings is 1. The molecule has 1 N–H and O–H groups in total. The molecule has 1 fully saturated rings. The van der Waals surface area contributed by atoms with Crippen LogP contribution in [0.5, 0.6) is 0 Å². The summed E-state index contributed by atoms with van der Waals surface area (Å²) in [5.74, 6) is -0.0155. The summed E-state index contributed by atoms with van der Waals surface area (Å²) >= 11 is 0. The molecule has 0 radical (unpaired) electrons. The maximum atomic E-state index is 12.5. The predicted octanol–water partition coefficient (Wildman–Crippen LogP) is 5.10. The van der Waals surface area contributed by atoms with Gasteiger partial charge in [-0.2, -0.15) is 0 Å². The summed E-state index contributed by atoms with van der Waals surface area (Å²) < 4.78 is 0. The van der Waals surface area contributed by atoms with Crippen molar-refractivity contribution in [2.24, 2.45) is 0 Å². The van der Waals surface area contributed by atoms with Gasteiger partial charge in [-0.05, 0) is 29.5 Å². The van der Waals surface area contributed by atoms with Crippen LogP contribution in [0, 0.1) is 0 Å². The van der Waals surface area contributed by atoms with Gasteiger partial charge in [0.15, 0.2) is 5.78 Å². The van der Waals surface area contributed by atoms with Gasteiger partial charge in [0.1, 0.15) is 0 Å². The lowest BCUT2D eigenvalue weighted by molar-refractivity contribution is -0.122. The van der Waals surface area contributed by atoms with Gasteiger partial charge in [0, 0.05) is 44.1 Å². The van der Waals surface area contributed by atoms with Crippen LogP contribution in [0.1, 0.15) is 41.6 Å². The minimum atomic E-state index is -0.0271. The molecule has 164 valence electrons. The first-order valence-electron chi connectivity index (χ1n) is 11.4. The van der Waals surface area contributed by atoms with Crippen molar-refractivity contribution in [3.8, 4) is 11.1 Å². The van der Waals surface area contributed by atoms with Crippen molar-refractivity contribution in [3.05, 3.63) is 96.1 Å². The van der Waals surface area contributed by atoms with E-state index in [9.17, 15) is 9.59 Å². The second kappa shape index (κ2) is 10.9. The van der Waals surface area contributed by atoms with Crippen molar-refractivity contribution in [1.82, 2.24) is 10.2 Å². The molecule has 0 saturated carbocycles. The predicted molar refractivity (Wildman–Crippen MR) is 128 cm³/mol. The van der Waals surface area contributed by atoms with Crippen LogP contribution in [-0.2, 0) is 11.3 Å². The van der Waals surface area contributed by atoms with Gasteiger partial charge in [-0.25, -0.2) is 0 Å². The number of ketones is 1. The number of hydrogen-bond donors (Lipinski definition) is 1. The van der Waals surface area contributed by atoms with E-state index in [1.807, 2.05) is 60.7 Å². The number of hydrogen-bond acceptors (Lipinski definition) is 3. The highest BCUT2D eigenvalue weighted by Gasteiger charge is 2.21. The Hall–Kier alpha value is -3.24. The van der Waals surface area contributed by atoms with Crippen molar-refractivity contribution in [1.29, 1.82) is 0 Å². The fourth-order valence-electron chi connectivity index (χ4n) is 4.23. The van der Waals surface area contributed by atoms with E-state index in [-0.39, 0.29) is 30.6 Å². The Morgan fingerprint density at radius 2 is 1.34 bits per heavy atom. The van der Waals surface area contributed by atoms with E-state index in [2.05, 4.69) is 34.5 Å². The third kappa shape index (κ3) is 6.14. The lowest BCUT2D eigenvalue weighted by atomic mass is 10.0. The van der Waals surface area contributed by atoms with Gasteiger partial charge >= 0.3 is 0 Å². The largest absolute Gasteiger partial charge is 0.353 e. The number of likely N-dealkylation sites (tertiary alicyclic amines) is 1. The van der Waals surface area contributed by atoms with Gasteiger partial charge < -0.3 is 5.32 Å². The second-order valence-corrected chi connectivity index (χ2v) is 8.47. The van der Waals surface area contributed by atoms with Gasteiger partial charge in [-0.15, -0.1) is 0 Å². The van der Waals surface area contributed by atoms with Gasteiger partial charge in [-0.3, -0.25) is 14.5 Å². The number of carbonyl (C=O) groups is 2. The van der Waals surface area contributed by atoms with Crippen molar-refractivity contribution in [3.63, 3.8) is 0 Å². The van der Waals surface area contributed by atoms with Gasteiger partial charge in [0.2, 0.25) is 5.91 Å². The first-order chi connectivity index (χ1) is 15.7. The smallest absolute Gasteiger partial charge is 0.220 e. The molecule has 4 rings (SSSR count). The summed E-state index contributed by atoms with van der Waals surface area (Å²) in [7, 11) is 0. The Morgan fingerprint density at radius 1 is 0.750 bits per heavy atom. The lowest BCUT2D eigenvalue weighted by Gasteiger charge is -2.32. The molecule has 32 heavy (non-hydrogen) atoms. The van der Waals surface area contributed by atoms with Gasteiger partial charge in [0.25, 0.3) is 0 Å². The van der Waals surface area contributed by atoms with Crippen molar-refractivity contribution < 1.29 is 9.59 Å². The highest BCUT2D eigenvalue weighted by Crippen LogP contribution is 2.20. The Labute approximate surface area is 190 Å². The van der Waals surface area contributed by atoms with Crippen molar-refractivity contribution in [2.75, 3.05) is 13.1 Å². The minimum Gasteiger partial charge on any atom is -0.353 e. The van der Waals surface area contributed by atoms with Crippen LogP contribution in [-0.4, -0.2) is 35.7 Å². The molecule has 4 heteroatoms. The molecule has 0 aliphatic carbocycles. The summed E-state index contributed by atoms with van der Waals surface area (Å²) in [5, 5.41) is 3.12. The van der Waals surface area contributed by atoms with Crippen molar-refractivity contribution >= 4 is 11.7 Å². The quantitative estimate of drug-likeness (QED) is 0.510. The number of Topliss-reactive ketones (excluding diaryl/α,β-unsaturated/α-hetero) is 1. The molecule has 0 spiro atoms. The van der Waals surface area contributed by atoms with Crippen LogP contribution >= 0.6 is 0 Å². The lowest BCUT2D eigenvalue weighted by Crippen LogP contribution is -2.44. The molecule has 0 atom stereocenters. The molecule has 1 amide bonds. The molecule has 1 aliphatic rings. The van der Waals surface area contributed by atoms with E-state index in [0.717, 1.165) is 43.6 Å². The van der Waals surface area contributed by atoms with Crippen LogP contribution in [0.15, 0.2) is 84.9 Å². The zero-order chi connectivity index (χ0) is 22.2. The van der Waals surface area contributed by atoms with E-state index in [1.54, 1.807) is 0 Å². The fourth-order valence-corrected chi connectivity index (χ4v) is 4.23. The summed E-state index contributed by atoms with van der Waals surface area (Å²) in [6.07, 6.45) is 2.38. The van der Waals surface area contributed by atoms with E-state index in [4.69, 9.17) is 0 Å². The number of rotatable bonds is 8. The zero-order valence-corrected chi connectivity index (χ0v) is 18.4. The molecule has 0 aromatic heterocycles. The average Bonchev–Trinajstić information content (AvgIpc) is 2.85. The van der Waals surface area contributed by atoms with E-state index < -0.39 is 0 Å².